The number of rotatable bonds is 8. The molecule has 3 aromatic rings. The minimum Gasteiger partial charge on any atom is -0.497 e. The number of benzene rings is 3. The van der Waals surface area contributed by atoms with Crippen LogP contribution < -0.4 is 9.47 Å². The number of esters is 1. The second-order valence-corrected chi connectivity index (χ2v) is 12.2. The van der Waals surface area contributed by atoms with Crippen LogP contribution in [0.4, 0.5) is 8.78 Å². The third kappa shape index (κ3) is 5.33. The summed E-state index contributed by atoms with van der Waals surface area (Å²) in [5, 5.41) is 0. The average Bonchev–Trinajstić information content (AvgIpc) is 3.45. The van der Waals surface area contributed by atoms with Gasteiger partial charge >= 0.3 is 5.97 Å². The van der Waals surface area contributed by atoms with Crippen LogP contribution in [0.1, 0.15) is 81.0 Å². The van der Waals surface area contributed by atoms with Crippen molar-refractivity contribution in [1.82, 2.24) is 0 Å². The Balaban J connectivity index is 1.48. The second kappa shape index (κ2) is 10.9. The fourth-order valence-corrected chi connectivity index (χ4v) is 6.72. The van der Waals surface area contributed by atoms with E-state index in [2.05, 4.69) is 20.8 Å². The normalized spacial score (nSPS) is 21.2. The van der Waals surface area contributed by atoms with Gasteiger partial charge in [0.15, 0.2) is 0 Å². The van der Waals surface area contributed by atoms with Crippen molar-refractivity contribution in [2.75, 3.05) is 14.2 Å². The lowest BCUT2D eigenvalue weighted by Gasteiger charge is -2.30. The number of halogens is 2. The van der Waals surface area contributed by atoms with Gasteiger partial charge in [-0.3, -0.25) is 4.79 Å². The summed E-state index contributed by atoms with van der Waals surface area (Å²) in [6, 6.07) is 13.8. The van der Waals surface area contributed by atoms with E-state index < -0.39 is 11.6 Å². The van der Waals surface area contributed by atoms with Gasteiger partial charge in [-0.1, -0.05) is 33.3 Å². The van der Waals surface area contributed by atoms with E-state index >= 15 is 8.78 Å². The van der Waals surface area contributed by atoms with Gasteiger partial charge in [0, 0.05) is 16.5 Å². The summed E-state index contributed by atoms with van der Waals surface area (Å²) in [4.78, 5) is 12.1. The van der Waals surface area contributed by atoms with Gasteiger partial charge in [-0.05, 0) is 102 Å². The molecule has 0 heterocycles. The van der Waals surface area contributed by atoms with Crippen molar-refractivity contribution in [2.45, 2.75) is 77.2 Å². The van der Waals surface area contributed by atoms with Crippen LogP contribution in [0.3, 0.4) is 0 Å². The molecule has 0 N–H and O–H groups in total. The summed E-state index contributed by atoms with van der Waals surface area (Å²) in [5.41, 5.74) is 4.23. The first-order valence-electron chi connectivity index (χ1n) is 14.0. The maximum absolute atomic E-state index is 15.7. The van der Waals surface area contributed by atoms with Gasteiger partial charge in [0.1, 0.15) is 29.7 Å². The molecule has 1 saturated carbocycles. The minimum atomic E-state index is -0.437. The minimum absolute atomic E-state index is 0.00410. The largest absolute Gasteiger partial charge is 0.497 e. The lowest BCUT2D eigenvalue weighted by Crippen LogP contribution is -2.23. The summed E-state index contributed by atoms with van der Waals surface area (Å²) in [6.07, 6.45) is 5.14. The SMILES string of the molecule is COC(=O)C[C@@]1(C)CCc2ccc(OCc3cc(C4CCCC4(C)C)c(-c4cc(OC)ccc4F)cc3F)cc21. The molecular formula is C34H38F2O4. The van der Waals surface area contributed by atoms with Crippen molar-refractivity contribution in [1.29, 1.82) is 0 Å². The van der Waals surface area contributed by atoms with E-state index in [1.54, 1.807) is 12.1 Å². The quantitative estimate of drug-likeness (QED) is 0.266. The topological polar surface area (TPSA) is 44.8 Å². The molecule has 1 unspecified atom stereocenters. The molecule has 0 amide bonds. The fraction of sp³-hybridized carbons (Fsp3) is 0.441. The van der Waals surface area contributed by atoms with E-state index in [-0.39, 0.29) is 29.3 Å². The Labute approximate surface area is 235 Å². The van der Waals surface area contributed by atoms with Crippen LogP contribution in [-0.4, -0.2) is 20.2 Å². The number of hydrogen-bond donors (Lipinski definition) is 0. The van der Waals surface area contributed by atoms with E-state index in [4.69, 9.17) is 14.2 Å². The molecule has 0 aliphatic heterocycles. The Morgan fingerprint density at radius 1 is 0.925 bits per heavy atom. The molecule has 40 heavy (non-hydrogen) atoms. The average molecular weight is 549 g/mol. The highest BCUT2D eigenvalue weighted by molar-refractivity contribution is 5.72. The Kier molecular flexibility index (Phi) is 7.64. The van der Waals surface area contributed by atoms with Crippen molar-refractivity contribution < 1.29 is 27.8 Å². The highest BCUT2D eigenvalue weighted by Gasteiger charge is 2.38. The lowest BCUT2D eigenvalue weighted by molar-refractivity contribution is -0.142. The summed E-state index contributed by atoms with van der Waals surface area (Å²) in [7, 11) is 2.95. The molecule has 5 rings (SSSR count). The van der Waals surface area contributed by atoms with Crippen molar-refractivity contribution in [2.24, 2.45) is 5.41 Å². The smallest absolute Gasteiger partial charge is 0.306 e. The first-order chi connectivity index (χ1) is 19.0. The Hall–Kier alpha value is -3.41. The van der Waals surface area contributed by atoms with Crippen LogP contribution in [0, 0.1) is 17.0 Å². The monoisotopic (exact) mass is 548 g/mol. The molecular weight excluding hydrogens is 510 g/mol. The summed E-state index contributed by atoms with van der Waals surface area (Å²) < 4.78 is 47.2. The highest BCUT2D eigenvalue weighted by Crippen LogP contribution is 2.52. The Morgan fingerprint density at radius 2 is 1.70 bits per heavy atom. The van der Waals surface area contributed by atoms with Crippen LogP contribution in [-0.2, 0) is 28.0 Å². The van der Waals surface area contributed by atoms with E-state index in [1.165, 1.54) is 31.9 Å². The molecule has 3 aromatic carbocycles. The van der Waals surface area contributed by atoms with Gasteiger partial charge in [-0.15, -0.1) is 0 Å². The van der Waals surface area contributed by atoms with Crippen LogP contribution >= 0.6 is 0 Å². The van der Waals surface area contributed by atoms with Crippen molar-refractivity contribution in [3.8, 4) is 22.6 Å². The zero-order valence-electron chi connectivity index (χ0n) is 24.0. The summed E-state index contributed by atoms with van der Waals surface area (Å²) >= 11 is 0. The van der Waals surface area contributed by atoms with Crippen LogP contribution in [0.5, 0.6) is 11.5 Å². The lowest BCUT2D eigenvalue weighted by atomic mass is 9.75. The maximum Gasteiger partial charge on any atom is 0.306 e. The molecule has 2 aliphatic rings. The third-order valence-electron chi connectivity index (χ3n) is 9.15. The van der Waals surface area contributed by atoms with Gasteiger partial charge < -0.3 is 14.2 Å². The number of fused-ring (bicyclic) bond motifs is 1. The van der Waals surface area contributed by atoms with Crippen molar-refractivity contribution in [3.05, 3.63) is 82.4 Å². The van der Waals surface area contributed by atoms with Gasteiger partial charge in [0.2, 0.25) is 0 Å². The van der Waals surface area contributed by atoms with Crippen LogP contribution in [0.25, 0.3) is 11.1 Å². The van der Waals surface area contributed by atoms with Crippen LogP contribution in [0.15, 0.2) is 48.5 Å². The van der Waals surface area contributed by atoms with Gasteiger partial charge in [0.25, 0.3) is 0 Å². The van der Waals surface area contributed by atoms with E-state index in [1.807, 2.05) is 24.3 Å². The number of carbonyl (C=O) groups is 1. The molecule has 2 atom stereocenters. The number of hydrogen-bond acceptors (Lipinski definition) is 4. The second-order valence-electron chi connectivity index (χ2n) is 12.2. The molecule has 0 bridgehead atoms. The molecule has 212 valence electrons. The third-order valence-corrected chi connectivity index (χ3v) is 9.15. The molecule has 0 saturated heterocycles. The fourth-order valence-electron chi connectivity index (χ4n) is 6.72. The van der Waals surface area contributed by atoms with Gasteiger partial charge in [0.05, 0.1) is 20.6 Å². The predicted octanol–water partition coefficient (Wildman–Crippen LogP) is 8.28. The zero-order valence-corrected chi connectivity index (χ0v) is 24.0. The molecule has 2 aliphatic carbocycles. The van der Waals surface area contributed by atoms with Crippen molar-refractivity contribution >= 4 is 5.97 Å². The van der Waals surface area contributed by atoms with Gasteiger partial charge in [-0.25, -0.2) is 8.78 Å². The molecule has 0 aromatic heterocycles. The molecule has 0 spiro atoms. The Bertz CT molecular complexity index is 1430. The highest BCUT2D eigenvalue weighted by atomic mass is 19.1. The number of ether oxygens (including phenoxy) is 3. The summed E-state index contributed by atoms with van der Waals surface area (Å²) in [5.74, 6) is 0.228. The number of methoxy groups -OCH3 is 2. The Morgan fingerprint density at radius 3 is 2.40 bits per heavy atom. The first kappa shape index (κ1) is 28.1. The molecule has 6 heteroatoms. The predicted molar refractivity (Wildman–Crippen MR) is 152 cm³/mol. The molecule has 0 radical (unpaired) electrons. The standard InChI is InChI=1S/C34H38F2O4/c1-33(2)13-6-7-28(33)26-15-22(31(36)18-25(26)27-16-23(38-4)10-11-30(27)35)20-40-24-9-8-21-12-14-34(3,29(21)17-24)19-32(37)39-5/h8-11,15-18,28H,6-7,12-14,19-20H2,1-5H3/t28?,34-/m1/s1. The molecule has 1 fully saturated rings. The molecule has 4 nitrogen and oxygen atoms in total. The van der Waals surface area contributed by atoms with Crippen molar-refractivity contribution in [3.63, 3.8) is 0 Å². The van der Waals surface area contributed by atoms with E-state index in [0.717, 1.165) is 43.2 Å². The van der Waals surface area contributed by atoms with E-state index in [9.17, 15) is 4.79 Å². The zero-order chi connectivity index (χ0) is 28.7. The first-order valence-corrected chi connectivity index (χ1v) is 14.0. The van der Waals surface area contributed by atoms with E-state index in [0.29, 0.717) is 34.6 Å². The number of aryl methyl sites for hydroxylation is 1. The summed E-state index contributed by atoms with van der Waals surface area (Å²) in [6.45, 7) is 6.57. The van der Waals surface area contributed by atoms with Gasteiger partial charge in [-0.2, -0.15) is 0 Å². The number of carbonyl (C=O) groups excluding carboxylic acids is 1. The van der Waals surface area contributed by atoms with Crippen LogP contribution in [0.2, 0.25) is 0 Å². The maximum atomic E-state index is 15.7.